The summed E-state index contributed by atoms with van der Waals surface area (Å²) in [7, 11) is 13.7. The van der Waals surface area contributed by atoms with E-state index in [1.807, 2.05) is 55.4 Å². The van der Waals surface area contributed by atoms with Crippen LogP contribution in [-0.2, 0) is 21.7 Å². The Morgan fingerprint density at radius 2 is 0.476 bits per heavy atom. The van der Waals surface area contributed by atoms with Gasteiger partial charge in [0.1, 0.15) is 0 Å². The molecular formula is C16H40N4Ti. The largest absolute Gasteiger partial charge is 4.00 e. The van der Waals surface area contributed by atoms with Crippen molar-refractivity contribution in [2.75, 3.05) is 0 Å². The first-order chi connectivity index (χ1) is 9.08. The molecule has 0 aromatic heterocycles. The Bertz CT molecular complexity index is 108. The second-order valence-electron chi connectivity index (χ2n) is 5.44. The standard InChI is InChI=1S/4C4H10N.Ti/c4*1-4(2)5-3;/h4*4-5H,3H2,1-2H3;/q4*-1;+4. The minimum absolute atomic E-state index is 0. The summed E-state index contributed by atoms with van der Waals surface area (Å²) in [6.07, 6.45) is 0. The zero-order chi connectivity index (χ0) is 17.1. The third kappa shape index (κ3) is 96.7. The van der Waals surface area contributed by atoms with Crippen LogP contribution in [0, 0.1) is 28.2 Å². The van der Waals surface area contributed by atoms with Crippen molar-refractivity contribution in [1.82, 2.24) is 21.3 Å². The molecule has 0 rings (SSSR count). The molecule has 0 aliphatic rings. The molecule has 0 spiro atoms. The zero-order valence-electron chi connectivity index (χ0n) is 15.6. The Kier molecular flexibility index (Phi) is 45.4. The van der Waals surface area contributed by atoms with Crippen molar-refractivity contribution >= 4 is 0 Å². The third-order valence-corrected chi connectivity index (χ3v) is 1.63. The van der Waals surface area contributed by atoms with Crippen LogP contribution < -0.4 is 21.3 Å². The summed E-state index contributed by atoms with van der Waals surface area (Å²) >= 11 is 0. The first-order valence-electron chi connectivity index (χ1n) is 7.19. The van der Waals surface area contributed by atoms with Crippen LogP contribution in [0.15, 0.2) is 0 Å². The Hall–Kier alpha value is 0.554. The number of hydrogen-bond acceptors (Lipinski definition) is 4. The van der Waals surface area contributed by atoms with Crippen LogP contribution in [0.3, 0.4) is 0 Å². The third-order valence-electron chi connectivity index (χ3n) is 1.63. The van der Waals surface area contributed by atoms with Gasteiger partial charge >= 0.3 is 21.7 Å². The summed E-state index contributed by atoms with van der Waals surface area (Å²) in [5.41, 5.74) is 0. The summed E-state index contributed by atoms with van der Waals surface area (Å²) in [5, 5.41) is 11.1. The molecule has 0 aliphatic carbocycles. The molecule has 128 valence electrons. The van der Waals surface area contributed by atoms with Crippen LogP contribution in [-0.4, -0.2) is 24.2 Å². The molecule has 0 atom stereocenters. The summed E-state index contributed by atoms with van der Waals surface area (Å²) in [6, 6.07) is 2.09. The van der Waals surface area contributed by atoms with E-state index in [-0.39, 0.29) is 21.7 Å². The van der Waals surface area contributed by atoms with Crippen molar-refractivity contribution in [3.63, 3.8) is 0 Å². The topological polar surface area (TPSA) is 48.1 Å². The molecule has 21 heavy (non-hydrogen) atoms. The predicted molar refractivity (Wildman–Crippen MR) is 94.5 cm³/mol. The number of hydrogen-bond donors (Lipinski definition) is 4. The summed E-state index contributed by atoms with van der Waals surface area (Å²) in [5.74, 6) is 0. The zero-order valence-corrected chi connectivity index (χ0v) is 17.2. The van der Waals surface area contributed by atoms with Gasteiger partial charge in [0.25, 0.3) is 0 Å². The molecule has 0 aromatic carbocycles. The van der Waals surface area contributed by atoms with Gasteiger partial charge in [-0.3, -0.25) is 28.2 Å². The van der Waals surface area contributed by atoms with Crippen molar-refractivity contribution in [2.45, 2.75) is 79.6 Å². The van der Waals surface area contributed by atoms with Crippen molar-refractivity contribution in [1.29, 1.82) is 0 Å². The van der Waals surface area contributed by atoms with Gasteiger partial charge in [0.2, 0.25) is 0 Å². The predicted octanol–water partition coefficient (Wildman–Crippen LogP) is 3.10. The van der Waals surface area contributed by atoms with Gasteiger partial charge < -0.3 is 21.3 Å². The molecular weight excluding hydrogens is 296 g/mol. The Labute approximate surface area is 150 Å². The van der Waals surface area contributed by atoms with E-state index in [1.54, 1.807) is 0 Å². The van der Waals surface area contributed by atoms with Crippen LogP contribution >= 0.6 is 0 Å². The molecule has 0 radical (unpaired) electrons. The van der Waals surface area contributed by atoms with E-state index in [0.29, 0.717) is 24.2 Å². The maximum atomic E-state index is 3.44. The normalized spacial score (nSPS) is 9.14. The van der Waals surface area contributed by atoms with Gasteiger partial charge in [-0.2, -0.15) is 0 Å². The van der Waals surface area contributed by atoms with E-state index in [2.05, 4.69) is 49.5 Å². The van der Waals surface area contributed by atoms with E-state index in [0.717, 1.165) is 0 Å². The minimum Gasteiger partial charge on any atom is -0.471 e. The van der Waals surface area contributed by atoms with Crippen LogP contribution in [0.5, 0.6) is 0 Å². The molecule has 0 aliphatic heterocycles. The second kappa shape index (κ2) is 28.7. The number of nitrogens with one attached hydrogen (secondary N) is 4. The molecule has 4 N–H and O–H groups in total. The maximum absolute atomic E-state index is 3.44. The first-order valence-corrected chi connectivity index (χ1v) is 7.19. The molecule has 0 amide bonds. The van der Waals surface area contributed by atoms with Crippen LogP contribution in [0.2, 0.25) is 0 Å². The molecule has 0 bridgehead atoms. The van der Waals surface area contributed by atoms with E-state index in [1.165, 1.54) is 0 Å². The van der Waals surface area contributed by atoms with E-state index >= 15 is 0 Å². The fourth-order valence-electron chi connectivity index (χ4n) is 0. The molecule has 0 heterocycles. The van der Waals surface area contributed by atoms with Crippen LogP contribution in [0.1, 0.15) is 55.4 Å². The minimum atomic E-state index is 0. The fraction of sp³-hybridized carbons (Fsp3) is 0.750. The van der Waals surface area contributed by atoms with Gasteiger partial charge in [-0.05, 0) is 24.2 Å². The molecule has 4 nitrogen and oxygen atoms in total. The second-order valence-corrected chi connectivity index (χ2v) is 5.44. The quantitative estimate of drug-likeness (QED) is 0.471. The van der Waals surface area contributed by atoms with Gasteiger partial charge in [-0.25, -0.2) is 0 Å². The van der Waals surface area contributed by atoms with Gasteiger partial charge in [-0.1, -0.05) is 55.4 Å². The van der Waals surface area contributed by atoms with Crippen molar-refractivity contribution in [3.05, 3.63) is 28.2 Å². The van der Waals surface area contributed by atoms with E-state index in [4.69, 9.17) is 0 Å². The first kappa shape index (κ1) is 33.2. The molecule has 0 saturated heterocycles. The Balaban J connectivity index is -0.0000000533. The van der Waals surface area contributed by atoms with Crippen molar-refractivity contribution < 1.29 is 21.7 Å². The maximum Gasteiger partial charge on any atom is 4.00 e. The summed E-state index contributed by atoms with van der Waals surface area (Å²) < 4.78 is 0. The average Bonchev–Trinajstić information content (AvgIpc) is 2.40. The average molecular weight is 336 g/mol. The molecule has 0 aromatic rings. The van der Waals surface area contributed by atoms with Crippen molar-refractivity contribution in [3.8, 4) is 0 Å². The van der Waals surface area contributed by atoms with Crippen LogP contribution in [0.25, 0.3) is 0 Å². The van der Waals surface area contributed by atoms with Gasteiger partial charge in [0.05, 0.1) is 0 Å². The van der Waals surface area contributed by atoms with Gasteiger partial charge in [0, 0.05) is 0 Å². The van der Waals surface area contributed by atoms with E-state index in [9.17, 15) is 0 Å². The number of rotatable bonds is 4. The SMILES string of the molecule is [CH2-]NC(C)C.[CH2-]NC(C)C.[CH2-]NC(C)C.[CH2-]NC(C)C.[Ti+4]. The summed E-state index contributed by atoms with van der Waals surface area (Å²) in [6.45, 7) is 16.4. The van der Waals surface area contributed by atoms with E-state index < -0.39 is 0 Å². The van der Waals surface area contributed by atoms with Crippen LogP contribution in [0.4, 0.5) is 0 Å². The smallest absolute Gasteiger partial charge is 0.471 e. The Morgan fingerprint density at radius 3 is 0.476 bits per heavy atom. The van der Waals surface area contributed by atoms with Gasteiger partial charge in [-0.15, -0.1) is 0 Å². The summed E-state index contributed by atoms with van der Waals surface area (Å²) in [4.78, 5) is 0. The molecule has 0 fully saturated rings. The monoisotopic (exact) mass is 336 g/mol. The Morgan fingerprint density at radius 1 is 0.429 bits per heavy atom. The van der Waals surface area contributed by atoms with Crippen molar-refractivity contribution in [2.24, 2.45) is 0 Å². The fourth-order valence-corrected chi connectivity index (χ4v) is 0. The molecule has 5 heteroatoms. The molecule has 0 saturated carbocycles. The van der Waals surface area contributed by atoms with Gasteiger partial charge in [0.15, 0.2) is 0 Å². The molecule has 0 unspecified atom stereocenters.